The van der Waals surface area contributed by atoms with Crippen molar-refractivity contribution >= 4 is 5.91 Å². The quantitative estimate of drug-likeness (QED) is 0.792. The third-order valence-electron chi connectivity index (χ3n) is 3.09. The fourth-order valence-electron chi connectivity index (χ4n) is 1.91. The van der Waals surface area contributed by atoms with Gasteiger partial charge in [0.25, 0.3) is 0 Å². The van der Waals surface area contributed by atoms with E-state index in [1.165, 1.54) is 0 Å². The SMILES string of the molecule is CC(CO)N(C)C1CCN(CC(F)(F)F)C1=O. The topological polar surface area (TPSA) is 43.8 Å². The number of hydrogen-bond acceptors (Lipinski definition) is 3. The number of hydrogen-bond donors (Lipinski definition) is 1. The van der Waals surface area contributed by atoms with Crippen molar-refractivity contribution in [3.05, 3.63) is 0 Å². The lowest BCUT2D eigenvalue weighted by molar-refractivity contribution is -0.159. The summed E-state index contributed by atoms with van der Waals surface area (Å²) in [6.07, 6.45) is -3.98. The lowest BCUT2D eigenvalue weighted by Gasteiger charge is -2.28. The van der Waals surface area contributed by atoms with E-state index in [-0.39, 0.29) is 19.2 Å². The molecule has 0 saturated carbocycles. The number of carbonyl (C=O) groups excluding carboxylic acids is 1. The van der Waals surface area contributed by atoms with E-state index in [9.17, 15) is 18.0 Å². The molecule has 100 valence electrons. The number of rotatable bonds is 4. The van der Waals surface area contributed by atoms with Crippen molar-refractivity contribution in [2.24, 2.45) is 0 Å². The maximum absolute atomic E-state index is 12.2. The molecule has 0 bridgehead atoms. The average molecular weight is 254 g/mol. The molecule has 0 aromatic rings. The smallest absolute Gasteiger partial charge is 0.395 e. The van der Waals surface area contributed by atoms with E-state index < -0.39 is 24.7 Å². The van der Waals surface area contributed by atoms with Crippen LogP contribution in [0.5, 0.6) is 0 Å². The zero-order chi connectivity index (χ0) is 13.2. The summed E-state index contributed by atoms with van der Waals surface area (Å²) >= 11 is 0. The number of nitrogens with zero attached hydrogens (tertiary/aromatic N) is 2. The van der Waals surface area contributed by atoms with Crippen LogP contribution < -0.4 is 0 Å². The van der Waals surface area contributed by atoms with Crippen LogP contribution in [0.3, 0.4) is 0 Å². The summed E-state index contributed by atoms with van der Waals surface area (Å²) in [5.41, 5.74) is 0. The van der Waals surface area contributed by atoms with Crippen LogP contribution in [-0.2, 0) is 4.79 Å². The van der Waals surface area contributed by atoms with Gasteiger partial charge in [-0.1, -0.05) is 0 Å². The molecule has 17 heavy (non-hydrogen) atoms. The van der Waals surface area contributed by atoms with Crippen molar-refractivity contribution in [2.75, 3.05) is 26.7 Å². The molecular formula is C10H17F3N2O2. The molecule has 4 nitrogen and oxygen atoms in total. The van der Waals surface area contributed by atoms with Crippen LogP contribution in [-0.4, -0.2) is 65.8 Å². The fraction of sp³-hybridized carbons (Fsp3) is 0.900. The Morgan fingerprint density at radius 3 is 2.65 bits per heavy atom. The Labute approximate surface area is 98.0 Å². The summed E-state index contributed by atoms with van der Waals surface area (Å²) in [4.78, 5) is 14.2. The Bertz CT molecular complexity index is 283. The van der Waals surface area contributed by atoms with Crippen LogP contribution in [0.25, 0.3) is 0 Å². The summed E-state index contributed by atoms with van der Waals surface area (Å²) < 4.78 is 36.6. The molecular weight excluding hydrogens is 237 g/mol. The average Bonchev–Trinajstić information content (AvgIpc) is 2.56. The highest BCUT2D eigenvalue weighted by atomic mass is 19.4. The predicted octanol–water partition coefficient (Wildman–Crippen LogP) is 0.462. The standard InChI is InChI=1S/C10H17F3N2O2/c1-7(5-16)14(2)8-3-4-15(9(8)17)6-10(11,12)13/h7-8,16H,3-6H2,1-2H3. The highest BCUT2D eigenvalue weighted by Crippen LogP contribution is 2.23. The summed E-state index contributed by atoms with van der Waals surface area (Å²) in [5, 5.41) is 8.96. The first-order valence-electron chi connectivity index (χ1n) is 5.44. The van der Waals surface area contributed by atoms with Gasteiger partial charge in [-0.3, -0.25) is 9.69 Å². The minimum Gasteiger partial charge on any atom is -0.395 e. The number of carbonyl (C=O) groups is 1. The monoisotopic (exact) mass is 254 g/mol. The Balaban J connectivity index is 2.61. The van der Waals surface area contributed by atoms with Gasteiger partial charge in [-0.05, 0) is 20.4 Å². The van der Waals surface area contributed by atoms with Crippen LogP contribution >= 0.6 is 0 Å². The van der Waals surface area contributed by atoms with Crippen molar-refractivity contribution in [3.63, 3.8) is 0 Å². The Hall–Kier alpha value is -0.820. The minimum atomic E-state index is -4.36. The van der Waals surface area contributed by atoms with E-state index in [1.54, 1.807) is 18.9 Å². The predicted molar refractivity (Wildman–Crippen MR) is 55.4 cm³/mol. The van der Waals surface area contributed by atoms with Gasteiger partial charge >= 0.3 is 6.18 Å². The maximum atomic E-state index is 12.2. The second-order valence-corrected chi connectivity index (χ2v) is 4.38. The van der Waals surface area contributed by atoms with Gasteiger partial charge in [-0.15, -0.1) is 0 Å². The number of aliphatic hydroxyl groups excluding tert-OH is 1. The second kappa shape index (κ2) is 5.22. The third-order valence-corrected chi connectivity index (χ3v) is 3.09. The first-order valence-corrected chi connectivity index (χ1v) is 5.44. The maximum Gasteiger partial charge on any atom is 0.406 e. The number of likely N-dealkylation sites (tertiary alicyclic amines) is 1. The number of alkyl halides is 3. The van der Waals surface area contributed by atoms with Gasteiger partial charge in [0.2, 0.25) is 5.91 Å². The molecule has 7 heteroatoms. The van der Waals surface area contributed by atoms with Gasteiger partial charge in [-0.25, -0.2) is 0 Å². The highest BCUT2D eigenvalue weighted by Gasteiger charge is 2.41. The van der Waals surface area contributed by atoms with E-state index >= 15 is 0 Å². The van der Waals surface area contributed by atoms with Crippen molar-refractivity contribution in [1.29, 1.82) is 0 Å². The molecule has 2 atom stereocenters. The van der Waals surface area contributed by atoms with E-state index in [4.69, 9.17) is 5.11 Å². The molecule has 0 aliphatic carbocycles. The normalized spacial score (nSPS) is 23.6. The molecule has 0 spiro atoms. The number of aliphatic hydroxyl groups is 1. The Morgan fingerprint density at radius 2 is 2.18 bits per heavy atom. The molecule has 2 unspecified atom stereocenters. The van der Waals surface area contributed by atoms with E-state index in [1.807, 2.05) is 0 Å². The molecule has 0 radical (unpaired) electrons. The van der Waals surface area contributed by atoms with Crippen molar-refractivity contribution in [2.45, 2.75) is 31.6 Å². The van der Waals surface area contributed by atoms with Crippen LogP contribution in [0.2, 0.25) is 0 Å². The molecule has 1 heterocycles. The number of likely N-dealkylation sites (N-methyl/N-ethyl adjacent to an activating group) is 1. The second-order valence-electron chi connectivity index (χ2n) is 4.38. The summed E-state index contributed by atoms with van der Waals surface area (Å²) in [6.45, 7) is 0.522. The molecule has 1 N–H and O–H groups in total. The summed E-state index contributed by atoms with van der Waals surface area (Å²) in [6, 6.07) is -0.797. The van der Waals surface area contributed by atoms with Crippen molar-refractivity contribution < 1.29 is 23.1 Å². The lowest BCUT2D eigenvalue weighted by Crippen LogP contribution is -2.46. The zero-order valence-electron chi connectivity index (χ0n) is 9.87. The largest absolute Gasteiger partial charge is 0.406 e. The summed E-state index contributed by atoms with van der Waals surface area (Å²) in [7, 11) is 1.64. The molecule has 0 aromatic heterocycles. The first kappa shape index (κ1) is 14.2. The highest BCUT2D eigenvalue weighted by molar-refractivity contribution is 5.84. The van der Waals surface area contributed by atoms with Crippen LogP contribution in [0.1, 0.15) is 13.3 Å². The van der Waals surface area contributed by atoms with Crippen molar-refractivity contribution in [1.82, 2.24) is 9.80 Å². The van der Waals surface area contributed by atoms with Crippen LogP contribution in [0, 0.1) is 0 Å². The third kappa shape index (κ3) is 3.57. The Morgan fingerprint density at radius 1 is 1.59 bits per heavy atom. The van der Waals surface area contributed by atoms with Gasteiger partial charge in [0.1, 0.15) is 6.54 Å². The van der Waals surface area contributed by atoms with E-state index in [0.29, 0.717) is 6.42 Å². The van der Waals surface area contributed by atoms with Crippen molar-refractivity contribution in [3.8, 4) is 0 Å². The molecule has 0 aromatic carbocycles. The molecule has 1 aliphatic rings. The van der Waals surface area contributed by atoms with Gasteiger partial charge in [0.15, 0.2) is 0 Å². The van der Waals surface area contributed by atoms with Crippen LogP contribution in [0.4, 0.5) is 13.2 Å². The molecule has 1 saturated heterocycles. The lowest BCUT2D eigenvalue weighted by atomic mass is 10.2. The zero-order valence-corrected chi connectivity index (χ0v) is 9.87. The molecule has 1 amide bonds. The van der Waals surface area contributed by atoms with E-state index in [0.717, 1.165) is 4.90 Å². The first-order chi connectivity index (χ1) is 7.76. The molecule has 1 rings (SSSR count). The fourth-order valence-corrected chi connectivity index (χ4v) is 1.91. The van der Waals surface area contributed by atoms with Crippen LogP contribution in [0.15, 0.2) is 0 Å². The summed E-state index contributed by atoms with van der Waals surface area (Å²) in [5.74, 6) is -0.509. The minimum absolute atomic E-state index is 0.117. The van der Waals surface area contributed by atoms with Gasteiger partial charge in [0, 0.05) is 12.6 Å². The van der Waals surface area contributed by atoms with E-state index in [2.05, 4.69) is 0 Å². The number of amides is 1. The van der Waals surface area contributed by atoms with Gasteiger partial charge in [0.05, 0.1) is 12.6 Å². The van der Waals surface area contributed by atoms with Gasteiger partial charge < -0.3 is 10.0 Å². The molecule has 1 fully saturated rings. The number of halogens is 3. The van der Waals surface area contributed by atoms with Gasteiger partial charge in [-0.2, -0.15) is 13.2 Å². The molecule has 1 aliphatic heterocycles. The Kier molecular flexibility index (Phi) is 4.37.